The molecule has 1 aromatic rings. The third kappa shape index (κ3) is 1.86. The first-order valence-electron chi connectivity index (χ1n) is 4.18. The van der Waals surface area contributed by atoms with E-state index in [0.717, 1.165) is 0 Å². The highest BCUT2D eigenvalue weighted by atomic mass is 16.1. The molecule has 1 unspecified atom stereocenters. The molecule has 5 nitrogen and oxygen atoms in total. The van der Waals surface area contributed by atoms with Crippen molar-refractivity contribution in [2.75, 3.05) is 5.73 Å². The van der Waals surface area contributed by atoms with E-state index in [4.69, 9.17) is 11.5 Å². The second-order valence-corrected chi connectivity index (χ2v) is 2.98. The summed E-state index contributed by atoms with van der Waals surface area (Å²) in [5.41, 5.74) is 11.4. The van der Waals surface area contributed by atoms with Gasteiger partial charge in [0.1, 0.15) is 11.6 Å². The Bertz CT molecular complexity index is 358. The molecule has 0 radical (unpaired) electrons. The fourth-order valence-corrected chi connectivity index (χ4v) is 0.937. The van der Waals surface area contributed by atoms with Gasteiger partial charge in [-0.15, -0.1) is 0 Å². The lowest BCUT2D eigenvalue weighted by molar-refractivity contribution is 0.645. The van der Waals surface area contributed by atoms with Crippen LogP contribution in [0.2, 0.25) is 0 Å². The van der Waals surface area contributed by atoms with Crippen LogP contribution in [0, 0.1) is 6.92 Å². The lowest BCUT2D eigenvalue weighted by Gasteiger charge is -2.08. The summed E-state index contributed by atoms with van der Waals surface area (Å²) in [6.45, 7) is 3.54. The molecular formula is C8H14N4O. The molecule has 0 aliphatic rings. The van der Waals surface area contributed by atoms with Crippen LogP contribution in [0.5, 0.6) is 0 Å². The van der Waals surface area contributed by atoms with E-state index in [0.29, 0.717) is 17.8 Å². The quantitative estimate of drug-likeness (QED) is 0.602. The second-order valence-electron chi connectivity index (χ2n) is 2.98. The summed E-state index contributed by atoms with van der Waals surface area (Å²) in [6.07, 6.45) is 0.714. The Balaban J connectivity index is 3.21. The summed E-state index contributed by atoms with van der Waals surface area (Å²) in [7, 11) is 0. The Hall–Kier alpha value is -1.36. The van der Waals surface area contributed by atoms with E-state index >= 15 is 0 Å². The number of nitrogens with one attached hydrogen (secondary N) is 1. The van der Waals surface area contributed by atoms with E-state index in [9.17, 15) is 4.79 Å². The van der Waals surface area contributed by atoms with Crippen LogP contribution < -0.4 is 17.0 Å². The van der Waals surface area contributed by atoms with Crippen LogP contribution in [0.3, 0.4) is 0 Å². The highest BCUT2D eigenvalue weighted by Crippen LogP contribution is 2.09. The molecule has 0 saturated heterocycles. The molecular weight excluding hydrogens is 168 g/mol. The summed E-state index contributed by atoms with van der Waals surface area (Å²) in [4.78, 5) is 17.8. The van der Waals surface area contributed by atoms with Gasteiger partial charge in [0.15, 0.2) is 0 Å². The van der Waals surface area contributed by atoms with E-state index in [1.165, 1.54) is 0 Å². The average molecular weight is 182 g/mol. The molecule has 0 bridgehead atoms. The van der Waals surface area contributed by atoms with Crippen molar-refractivity contribution < 1.29 is 0 Å². The maximum atomic E-state index is 11.2. The van der Waals surface area contributed by atoms with Gasteiger partial charge in [0.25, 0.3) is 5.56 Å². The first-order chi connectivity index (χ1) is 6.06. The summed E-state index contributed by atoms with van der Waals surface area (Å²) >= 11 is 0. The van der Waals surface area contributed by atoms with Gasteiger partial charge < -0.3 is 16.5 Å². The molecule has 1 aromatic heterocycles. The Morgan fingerprint density at radius 2 is 2.23 bits per heavy atom. The molecule has 1 rings (SSSR count). The van der Waals surface area contributed by atoms with E-state index in [1.807, 2.05) is 6.92 Å². The molecule has 1 heterocycles. The number of nitrogens with zero attached hydrogens (tertiary/aromatic N) is 1. The zero-order valence-corrected chi connectivity index (χ0v) is 7.79. The number of nitrogens with two attached hydrogens (primary N) is 2. The molecule has 0 fully saturated rings. The molecule has 0 aliphatic heterocycles. The summed E-state index contributed by atoms with van der Waals surface area (Å²) in [5.74, 6) is 0.707. The van der Waals surface area contributed by atoms with Crippen LogP contribution in [0.4, 0.5) is 5.82 Å². The molecule has 5 N–H and O–H groups in total. The smallest absolute Gasteiger partial charge is 0.255 e. The largest absolute Gasteiger partial charge is 0.383 e. The number of aromatic amines is 1. The monoisotopic (exact) mass is 182 g/mol. The van der Waals surface area contributed by atoms with E-state index in [-0.39, 0.29) is 17.4 Å². The van der Waals surface area contributed by atoms with Crippen molar-refractivity contribution in [3.05, 3.63) is 21.7 Å². The number of aromatic nitrogens is 2. The topological polar surface area (TPSA) is 97.8 Å². The van der Waals surface area contributed by atoms with Crippen LogP contribution in [0.15, 0.2) is 4.79 Å². The molecule has 0 saturated carbocycles. The molecule has 0 amide bonds. The van der Waals surface area contributed by atoms with Crippen LogP contribution >= 0.6 is 0 Å². The van der Waals surface area contributed by atoms with Gasteiger partial charge in [0.05, 0.1) is 11.6 Å². The van der Waals surface area contributed by atoms with Gasteiger partial charge in [-0.05, 0) is 13.3 Å². The molecule has 1 atom stereocenters. The fraction of sp³-hybridized carbons (Fsp3) is 0.500. The Morgan fingerprint density at radius 3 is 2.69 bits per heavy atom. The summed E-state index contributed by atoms with van der Waals surface area (Å²) in [6, 6.07) is -0.254. The number of H-pyrrole nitrogens is 1. The van der Waals surface area contributed by atoms with Crippen LogP contribution in [-0.4, -0.2) is 9.97 Å². The van der Waals surface area contributed by atoms with Crippen LogP contribution in [0.1, 0.15) is 30.8 Å². The van der Waals surface area contributed by atoms with Crippen molar-refractivity contribution in [2.45, 2.75) is 26.3 Å². The van der Waals surface area contributed by atoms with E-state index in [1.54, 1.807) is 6.92 Å². The minimum absolute atomic E-state index is 0.216. The van der Waals surface area contributed by atoms with Crippen molar-refractivity contribution in [3.63, 3.8) is 0 Å². The van der Waals surface area contributed by atoms with Gasteiger partial charge in [-0.3, -0.25) is 4.79 Å². The molecule has 5 heteroatoms. The van der Waals surface area contributed by atoms with E-state index in [2.05, 4.69) is 9.97 Å². The Labute approximate surface area is 76.2 Å². The molecule has 13 heavy (non-hydrogen) atoms. The molecule has 72 valence electrons. The summed E-state index contributed by atoms with van der Waals surface area (Å²) < 4.78 is 0. The predicted molar refractivity (Wildman–Crippen MR) is 51.2 cm³/mol. The number of hydrogen-bond donors (Lipinski definition) is 3. The lowest BCUT2D eigenvalue weighted by Crippen LogP contribution is -2.22. The maximum Gasteiger partial charge on any atom is 0.255 e. The maximum absolute atomic E-state index is 11.2. The van der Waals surface area contributed by atoms with Crippen molar-refractivity contribution in [1.82, 2.24) is 9.97 Å². The normalized spacial score (nSPS) is 12.8. The standard InChI is InChI=1S/C8H14N4O/c1-3-5(9)7-11-6(10)4(2)8(13)12-7/h5H,3,9H2,1-2H3,(H3,10,11,12,13). The highest BCUT2D eigenvalue weighted by Gasteiger charge is 2.09. The van der Waals surface area contributed by atoms with Gasteiger partial charge in [-0.1, -0.05) is 6.92 Å². The Kier molecular flexibility index (Phi) is 2.67. The van der Waals surface area contributed by atoms with Gasteiger partial charge in [-0.25, -0.2) is 4.98 Å². The van der Waals surface area contributed by atoms with Crippen molar-refractivity contribution >= 4 is 5.82 Å². The average Bonchev–Trinajstić information content (AvgIpc) is 2.12. The van der Waals surface area contributed by atoms with Gasteiger partial charge in [0.2, 0.25) is 0 Å². The first-order valence-corrected chi connectivity index (χ1v) is 4.18. The second kappa shape index (κ2) is 3.57. The first kappa shape index (κ1) is 9.73. The number of hydrogen-bond acceptors (Lipinski definition) is 4. The zero-order valence-electron chi connectivity index (χ0n) is 7.79. The third-order valence-electron chi connectivity index (χ3n) is 2.00. The van der Waals surface area contributed by atoms with Crippen molar-refractivity contribution in [1.29, 1.82) is 0 Å². The van der Waals surface area contributed by atoms with Crippen LogP contribution in [-0.2, 0) is 0 Å². The predicted octanol–water partition coefficient (Wildman–Crippen LogP) is 0.0703. The van der Waals surface area contributed by atoms with Crippen molar-refractivity contribution in [3.8, 4) is 0 Å². The molecule has 0 spiro atoms. The van der Waals surface area contributed by atoms with Crippen LogP contribution in [0.25, 0.3) is 0 Å². The van der Waals surface area contributed by atoms with Crippen molar-refractivity contribution in [2.24, 2.45) is 5.73 Å². The molecule has 0 aliphatic carbocycles. The van der Waals surface area contributed by atoms with Gasteiger partial charge in [0, 0.05) is 0 Å². The minimum atomic E-state index is -0.254. The van der Waals surface area contributed by atoms with Gasteiger partial charge in [-0.2, -0.15) is 0 Å². The summed E-state index contributed by atoms with van der Waals surface area (Å²) in [5, 5.41) is 0. The Morgan fingerprint density at radius 1 is 1.62 bits per heavy atom. The third-order valence-corrected chi connectivity index (χ3v) is 2.00. The van der Waals surface area contributed by atoms with Gasteiger partial charge >= 0.3 is 0 Å². The molecule has 0 aromatic carbocycles. The van der Waals surface area contributed by atoms with E-state index < -0.39 is 0 Å². The SMILES string of the molecule is CCC(N)c1nc(N)c(C)c(=O)[nH]1. The number of nitrogen functional groups attached to an aromatic ring is 1. The minimum Gasteiger partial charge on any atom is -0.383 e. The lowest BCUT2D eigenvalue weighted by atomic mass is 10.2. The zero-order chi connectivity index (χ0) is 10.0. The fourth-order valence-electron chi connectivity index (χ4n) is 0.937. The highest BCUT2D eigenvalue weighted by molar-refractivity contribution is 5.36. The number of anilines is 1. The number of rotatable bonds is 2.